The van der Waals surface area contributed by atoms with Crippen molar-refractivity contribution in [2.75, 3.05) is 32.8 Å². The number of nitrogens with zero attached hydrogens (tertiary/aromatic N) is 7. The summed E-state index contributed by atoms with van der Waals surface area (Å²) in [7, 11) is 0. The first-order valence-corrected chi connectivity index (χ1v) is 17.4. The van der Waals surface area contributed by atoms with Gasteiger partial charge in [0.2, 0.25) is 5.91 Å². The predicted molar refractivity (Wildman–Crippen MR) is 184 cm³/mol. The second kappa shape index (κ2) is 13.7. The summed E-state index contributed by atoms with van der Waals surface area (Å²) in [6.45, 7) is 5.65. The zero-order chi connectivity index (χ0) is 33.3. The van der Waals surface area contributed by atoms with Crippen molar-refractivity contribution >= 4 is 28.3 Å². The molecule has 2 fully saturated rings. The molecule has 11 nitrogen and oxygen atoms in total. The fourth-order valence-corrected chi connectivity index (χ4v) is 8.13. The molecule has 0 aliphatic carbocycles. The molecule has 250 valence electrons. The molecular formula is C36H41N7O4S. The Balaban J connectivity index is 1.01. The Bertz CT molecular complexity index is 1930. The maximum absolute atomic E-state index is 14.1. The van der Waals surface area contributed by atoms with Crippen LogP contribution in [0.3, 0.4) is 0 Å². The summed E-state index contributed by atoms with van der Waals surface area (Å²) in [5.74, 6) is 0.0436. The Kier molecular flexibility index (Phi) is 9.23. The lowest BCUT2D eigenvalue weighted by atomic mass is 9.79. The Morgan fingerprint density at radius 1 is 1.00 bits per heavy atom. The van der Waals surface area contributed by atoms with Crippen molar-refractivity contribution in [1.29, 1.82) is 0 Å². The molecule has 12 heteroatoms. The largest absolute Gasteiger partial charge is 0.395 e. The van der Waals surface area contributed by atoms with Crippen LogP contribution in [0.15, 0.2) is 78.2 Å². The Morgan fingerprint density at radius 2 is 1.81 bits per heavy atom. The van der Waals surface area contributed by atoms with Gasteiger partial charge in [-0.1, -0.05) is 30.3 Å². The van der Waals surface area contributed by atoms with Crippen molar-refractivity contribution in [1.82, 2.24) is 33.9 Å². The number of rotatable bonds is 9. The number of aromatic nitrogens is 5. The number of fused-ring (bicyclic) bond motifs is 1. The van der Waals surface area contributed by atoms with E-state index in [4.69, 9.17) is 0 Å². The van der Waals surface area contributed by atoms with Crippen LogP contribution in [0.5, 0.6) is 0 Å². The summed E-state index contributed by atoms with van der Waals surface area (Å²) < 4.78 is 3.21. The van der Waals surface area contributed by atoms with Gasteiger partial charge in [0.1, 0.15) is 17.0 Å². The van der Waals surface area contributed by atoms with Crippen LogP contribution in [0.4, 0.5) is 0 Å². The highest BCUT2D eigenvalue weighted by atomic mass is 32.1. The van der Waals surface area contributed by atoms with E-state index in [1.54, 1.807) is 28.2 Å². The van der Waals surface area contributed by atoms with Gasteiger partial charge in [0.25, 0.3) is 5.56 Å². The third-order valence-electron chi connectivity index (χ3n) is 9.89. The third-order valence-corrected chi connectivity index (χ3v) is 10.9. The number of thiazole rings is 1. The van der Waals surface area contributed by atoms with Crippen LogP contribution in [-0.4, -0.2) is 88.4 Å². The van der Waals surface area contributed by atoms with Crippen molar-refractivity contribution in [2.45, 2.75) is 57.3 Å². The number of hydrogen-bond donors (Lipinski definition) is 2. The molecular weight excluding hydrogens is 627 g/mol. The van der Waals surface area contributed by atoms with Crippen LogP contribution >= 0.6 is 11.3 Å². The number of aryl methyl sites for hydroxylation is 1. The van der Waals surface area contributed by atoms with E-state index in [2.05, 4.69) is 38.1 Å². The number of likely N-dealkylation sites (tertiary alicyclic amines) is 2. The van der Waals surface area contributed by atoms with E-state index < -0.39 is 5.60 Å². The fourth-order valence-electron chi connectivity index (χ4n) is 7.19. The highest BCUT2D eigenvalue weighted by Gasteiger charge is 2.41. The molecule has 2 N–H and O–H groups in total. The van der Waals surface area contributed by atoms with Gasteiger partial charge in [0.05, 0.1) is 24.1 Å². The monoisotopic (exact) mass is 667 g/mol. The van der Waals surface area contributed by atoms with Crippen LogP contribution in [0.25, 0.3) is 21.6 Å². The molecule has 7 rings (SSSR count). The molecule has 2 atom stereocenters. The van der Waals surface area contributed by atoms with Crippen LogP contribution in [0.2, 0.25) is 0 Å². The van der Waals surface area contributed by atoms with E-state index >= 15 is 0 Å². The summed E-state index contributed by atoms with van der Waals surface area (Å²) >= 11 is 1.69. The molecule has 2 aliphatic heterocycles. The number of pyridine rings is 1. The van der Waals surface area contributed by atoms with Gasteiger partial charge in [-0.2, -0.15) is 0 Å². The lowest BCUT2D eigenvalue weighted by Gasteiger charge is -2.43. The molecule has 0 saturated carbocycles. The minimum atomic E-state index is -1.12. The number of hydrogen-bond acceptors (Lipinski definition) is 9. The van der Waals surface area contributed by atoms with Gasteiger partial charge in [-0.15, -0.1) is 11.3 Å². The Labute approximate surface area is 283 Å². The molecule has 2 aliphatic rings. The molecule has 0 bridgehead atoms. The molecule has 1 aromatic carbocycles. The molecule has 5 aromatic rings. The zero-order valence-electron chi connectivity index (χ0n) is 27.1. The molecule has 6 heterocycles. The van der Waals surface area contributed by atoms with Gasteiger partial charge < -0.3 is 19.7 Å². The Morgan fingerprint density at radius 3 is 2.56 bits per heavy atom. The summed E-state index contributed by atoms with van der Waals surface area (Å²) in [4.78, 5) is 46.4. The minimum Gasteiger partial charge on any atom is -0.395 e. The van der Waals surface area contributed by atoms with Crippen LogP contribution in [0, 0.1) is 12.8 Å². The van der Waals surface area contributed by atoms with Crippen LogP contribution in [-0.2, 0) is 24.4 Å². The zero-order valence-corrected chi connectivity index (χ0v) is 27.9. The van der Waals surface area contributed by atoms with E-state index in [1.807, 2.05) is 48.5 Å². The van der Waals surface area contributed by atoms with Crippen LogP contribution < -0.4 is 5.56 Å². The van der Waals surface area contributed by atoms with Gasteiger partial charge in [0, 0.05) is 79.3 Å². The number of carbonyl (C=O) groups is 1. The van der Waals surface area contributed by atoms with Crippen molar-refractivity contribution in [3.63, 3.8) is 0 Å². The van der Waals surface area contributed by atoms with E-state index in [9.17, 15) is 19.8 Å². The SMILES string of the molecule is Cc1ccc(-c2ncc(CN3CC[C@@H](C(=O)N4CCC(O)(Cn5cnc6c(ccn6CCO)c5=O)CC4)[C@H](c4ccccc4)C3)s2)cn1. The Hall–Kier alpha value is -4.23. The lowest BCUT2D eigenvalue weighted by Crippen LogP contribution is -2.53. The number of piperidine rings is 2. The van der Waals surface area contributed by atoms with Crippen molar-refractivity contribution in [3.05, 3.63) is 99.9 Å². The van der Waals surface area contributed by atoms with Crippen molar-refractivity contribution in [3.8, 4) is 10.6 Å². The van der Waals surface area contributed by atoms with Gasteiger partial charge in [0.15, 0.2) is 0 Å². The second-order valence-corrected chi connectivity index (χ2v) is 14.3. The molecule has 48 heavy (non-hydrogen) atoms. The van der Waals surface area contributed by atoms with Gasteiger partial charge >= 0.3 is 0 Å². The average molecular weight is 668 g/mol. The maximum atomic E-state index is 14.1. The second-order valence-electron chi connectivity index (χ2n) is 13.2. The van der Waals surface area contributed by atoms with E-state index in [-0.39, 0.29) is 36.5 Å². The first kappa shape index (κ1) is 32.3. The molecule has 4 aromatic heterocycles. The fraction of sp³-hybridized carbons (Fsp3) is 0.417. The van der Waals surface area contributed by atoms with Gasteiger partial charge in [-0.25, -0.2) is 9.97 Å². The van der Waals surface area contributed by atoms with Gasteiger partial charge in [-0.3, -0.25) is 24.0 Å². The number of aliphatic hydroxyl groups is 2. The summed E-state index contributed by atoms with van der Waals surface area (Å²) in [5, 5.41) is 22.3. The van der Waals surface area contributed by atoms with E-state index in [0.717, 1.165) is 42.3 Å². The first-order chi connectivity index (χ1) is 23.3. The van der Waals surface area contributed by atoms with E-state index in [1.165, 1.54) is 21.3 Å². The topological polar surface area (TPSA) is 130 Å². The molecule has 0 unspecified atom stereocenters. The van der Waals surface area contributed by atoms with Gasteiger partial charge in [-0.05, 0) is 56.5 Å². The van der Waals surface area contributed by atoms with Crippen LogP contribution in [0.1, 0.15) is 41.3 Å². The quantitative estimate of drug-likeness (QED) is 0.244. The third kappa shape index (κ3) is 6.70. The highest BCUT2D eigenvalue weighted by Crippen LogP contribution is 2.37. The molecule has 1 amide bonds. The lowest BCUT2D eigenvalue weighted by molar-refractivity contribution is -0.142. The van der Waals surface area contributed by atoms with Crippen molar-refractivity contribution < 1.29 is 15.0 Å². The predicted octanol–water partition coefficient (Wildman–Crippen LogP) is 3.68. The molecule has 2 saturated heterocycles. The standard InChI is InChI=1S/C36H41N7O4S/c1-25-7-8-27(19-37-25)33-38-20-28(48-33)21-40-13-9-29(31(22-40)26-5-3-2-4-6-26)34(45)42-15-11-36(47,12-16-42)23-43-24-39-32-30(35(43)46)10-14-41(32)17-18-44/h2-8,10,14,19-20,24,29,31,44,47H,9,11-13,15-18,21-23H2,1H3/t29-,31+/m1/s1. The molecule has 0 radical (unpaired) electrons. The first-order valence-electron chi connectivity index (χ1n) is 16.6. The average Bonchev–Trinajstić information content (AvgIpc) is 3.74. The minimum absolute atomic E-state index is 0.0460. The number of aliphatic hydroxyl groups excluding tert-OH is 1. The summed E-state index contributed by atoms with van der Waals surface area (Å²) in [6, 6.07) is 16.1. The molecule has 0 spiro atoms. The smallest absolute Gasteiger partial charge is 0.262 e. The number of carbonyl (C=O) groups excluding carboxylic acids is 1. The number of benzene rings is 1. The number of amides is 1. The summed E-state index contributed by atoms with van der Waals surface area (Å²) in [6.07, 6.45) is 8.56. The summed E-state index contributed by atoms with van der Waals surface area (Å²) in [5.41, 5.74) is 2.36. The maximum Gasteiger partial charge on any atom is 0.262 e. The van der Waals surface area contributed by atoms with Crippen molar-refractivity contribution in [2.24, 2.45) is 5.92 Å². The highest BCUT2D eigenvalue weighted by molar-refractivity contribution is 7.15. The normalized spacial score (nSPS) is 19.9. The van der Waals surface area contributed by atoms with E-state index in [0.29, 0.717) is 43.5 Å².